The molecule has 0 unspecified atom stereocenters. The van der Waals surface area contributed by atoms with E-state index in [1.165, 1.54) is 9.17 Å². The molecule has 0 N–H and O–H groups in total. The Morgan fingerprint density at radius 3 is 3.10 bits per heavy atom. The van der Waals surface area contributed by atoms with Crippen molar-refractivity contribution in [3.8, 4) is 0 Å². The molecule has 1 aromatic carbocycles. The van der Waals surface area contributed by atoms with Crippen molar-refractivity contribution in [3.63, 3.8) is 0 Å². The third-order valence-corrected chi connectivity index (χ3v) is 3.93. The van der Waals surface area contributed by atoms with Gasteiger partial charge in [0.25, 0.3) is 0 Å². The van der Waals surface area contributed by atoms with Crippen molar-refractivity contribution in [1.82, 2.24) is 0 Å². The second-order valence-electron chi connectivity index (χ2n) is 2.19. The fourth-order valence-corrected chi connectivity index (χ4v) is 2.91. The van der Waals surface area contributed by atoms with Gasteiger partial charge in [0.05, 0.1) is 0 Å². The standard InChI is InChI=1S/C8H7NTe/c1-2-4-8-7(3-1)5-6-9-10-8/h1-4,6H,5H2. The monoisotopic (exact) mass is 247 g/mol. The first-order valence-corrected chi connectivity index (χ1v) is 5.44. The van der Waals surface area contributed by atoms with Crippen LogP contribution in [0, 0.1) is 0 Å². The van der Waals surface area contributed by atoms with Crippen molar-refractivity contribution in [2.75, 3.05) is 0 Å². The van der Waals surface area contributed by atoms with E-state index in [1.54, 1.807) is 0 Å². The maximum atomic E-state index is 4.32. The summed E-state index contributed by atoms with van der Waals surface area (Å²) >= 11 is -0.200. The molecule has 0 aliphatic carbocycles. The van der Waals surface area contributed by atoms with Gasteiger partial charge in [0.1, 0.15) is 0 Å². The predicted molar refractivity (Wildman–Crippen MR) is 44.0 cm³/mol. The van der Waals surface area contributed by atoms with Crippen LogP contribution < -0.4 is 3.61 Å². The molecule has 0 radical (unpaired) electrons. The Morgan fingerprint density at radius 2 is 2.20 bits per heavy atom. The van der Waals surface area contributed by atoms with Gasteiger partial charge in [0, 0.05) is 0 Å². The van der Waals surface area contributed by atoms with Crippen molar-refractivity contribution >= 4 is 31.0 Å². The Labute approximate surface area is 70.6 Å². The molecule has 2 heteroatoms. The number of nitrogens with zero attached hydrogens (tertiary/aromatic N) is 1. The van der Waals surface area contributed by atoms with E-state index in [1.807, 2.05) is 6.21 Å². The summed E-state index contributed by atoms with van der Waals surface area (Å²) in [4.78, 5) is 0. The molecular weight excluding hydrogens is 238 g/mol. The van der Waals surface area contributed by atoms with E-state index in [-0.39, 0.29) is 21.2 Å². The topological polar surface area (TPSA) is 12.4 Å². The van der Waals surface area contributed by atoms with Gasteiger partial charge in [0.15, 0.2) is 0 Å². The molecule has 0 fully saturated rings. The van der Waals surface area contributed by atoms with E-state index < -0.39 is 0 Å². The van der Waals surface area contributed by atoms with Gasteiger partial charge in [-0.2, -0.15) is 0 Å². The summed E-state index contributed by atoms with van der Waals surface area (Å²) in [6.45, 7) is 0. The molecule has 0 spiro atoms. The van der Waals surface area contributed by atoms with Crippen LogP contribution in [0.1, 0.15) is 5.56 Å². The Hall–Kier alpha value is -0.320. The van der Waals surface area contributed by atoms with Gasteiger partial charge < -0.3 is 0 Å². The molecule has 0 aromatic heterocycles. The molecule has 1 aromatic rings. The van der Waals surface area contributed by atoms with Gasteiger partial charge in [0.2, 0.25) is 0 Å². The number of rotatable bonds is 0. The third kappa shape index (κ3) is 1.10. The van der Waals surface area contributed by atoms with Gasteiger partial charge in [-0.25, -0.2) is 0 Å². The fourth-order valence-electron chi connectivity index (χ4n) is 0.991. The van der Waals surface area contributed by atoms with Gasteiger partial charge in [-0.05, 0) is 0 Å². The SMILES string of the molecule is C1=N[Te]c2ccccc2C1. The summed E-state index contributed by atoms with van der Waals surface area (Å²) in [5, 5.41) is 0. The molecule has 0 saturated heterocycles. The fraction of sp³-hybridized carbons (Fsp3) is 0.125. The van der Waals surface area contributed by atoms with E-state index in [4.69, 9.17) is 0 Å². The number of hydrogen-bond donors (Lipinski definition) is 0. The molecule has 1 nitrogen and oxygen atoms in total. The minimum atomic E-state index is -0.200. The van der Waals surface area contributed by atoms with Crippen LogP contribution in [0.4, 0.5) is 0 Å². The van der Waals surface area contributed by atoms with Crippen LogP contribution >= 0.6 is 0 Å². The van der Waals surface area contributed by atoms with Crippen LogP contribution in [0.3, 0.4) is 0 Å². The van der Waals surface area contributed by atoms with Crippen LogP contribution in [-0.4, -0.2) is 27.4 Å². The van der Waals surface area contributed by atoms with E-state index in [0.29, 0.717) is 0 Å². The first-order chi connectivity index (χ1) is 4.97. The van der Waals surface area contributed by atoms with Crippen LogP contribution in [0.25, 0.3) is 0 Å². The normalized spacial score (nSPS) is 14.8. The molecule has 1 aliphatic rings. The molecule has 0 atom stereocenters. The zero-order valence-electron chi connectivity index (χ0n) is 5.45. The van der Waals surface area contributed by atoms with Crippen molar-refractivity contribution in [2.24, 2.45) is 3.24 Å². The summed E-state index contributed by atoms with van der Waals surface area (Å²) in [6, 6.07) is 8.61. The predicted octanol–water partition coefficient (Wildman–Crippen LogP) is 0.558. The van der Waals surface area contributed by atoms with Crippen molar-refractivity contribution in [1.29, 1.82) is 0 Å². The third-order valence-electron chi connectivity index (χ3n) is 1.51. The average molecular weight is 245 g/mol. The van der Waals surface area contributed by atoms with Crippen molar-refractivity contribution in [2.45, 2.75) is 6.42 Å². The van der Waals surface area contributed by atoms with Crippen molar-refractivity contribution in [3.05, 3.63) is 29.8 Å². The Kier molecular flexibility index (Phi) is 1.75. The van der Waals surface area contributed by atoms with Gasteiger partial charge >= 0.3 is 70.5 Å². The molecule has 0 saturated carbocycles. The molecular formula is C8H7NTe. The van der Waals surface area contributed by atoms with E-state index in [9.17, 15) is 0 Å². The van der Waals surface area contributed by atoms with Crippen LogP contribution in [-0.2, 0) is 6.42 Å². The second kappa shape index (κ2) is 2.74. The summed E-state index contributed by atoms with van der Waals surface area (Å²) < 4.78 is 5.83. The van der Waals surface area contributed by atoms with Crippen LogP contribution in [0.15, 0.2) is 27.5 Å². The molecule has 50 valence electrons. The Morgan fingerprint density at radius 1 is 1.30 bits per heavy atom. The summed E-state index contributed by atoms with van der Waals surface area (Å²) in [7, 11) is 0. The molecule has 0 amide bonds. The zero-order chi connectivity index (χ0) is 6.81. The van der Waals surface area contributed by atoms with Crippen LogP contribution in [0.5, 0.6) is 0 Å². The quantitative estimate of drug-likeness (QED) is 0.592. The Bertz CT molecular complexity index is 241. The average Bonchev–Trinajstić information content (AvgIpc) is 2.05. The minimum absolute atomic E-state index is 0.200. The molecule has 1 heterocycles. The molecule has 2 rings (SSSR count). The summed E-state index contributed by atoms with van der Waals surface area (Å²) in [6.07, 6.45) is 3.09. The zero-order valence-corrected chi connectivity index (χ0v) is 7.78. The van der Waals surface area contributed by atoms with E-state index in [2.05, 4.69) is 27.5 Å². The van der Waals surface area contributed by atoms with E-state index in [0.717, 1.165) is 6.42 Å². The summed E-state index contributed by atoms with van der Waals surface area (Å²) in [5.74, 6) is 0. The first kappa shape index (κ1) is 6.39. The first-order valence-electron chi connectivity index (χ1n) is 3.23. The van der Waals surface area contributed by atoms with Gasteiger partial charge in [-0.3, -0.25) is 0 Å². The Balaban J connectivity index is 2.47. The van der Waals surface area contributed by atoms with Gasteiger partial charge in [-0.15, -0.1) is 0 Å². The summed E-state index contributed by atoms with van der Waals surface area (Å²) in [5.41, 5.74) is 1.49. The van der Waals surface area contributed by atoms with Crippen LogP contribution in [0.2, 0.25) is 0 Å². The molecule has 0 bridgehead atoms. The number of hydrogen-bond acceptors (Lipinski definition) is 1. The van der Waals surface area contributed by atoms with Crippen molar-refractivity contribution < 1.29 is 0 Å². The molecule has 10 heavy (non-hydrogen) atoms. The molecule has 1 aliphatic heterocycles. The second-order valence-corrected chi connectivity index (χ2v) is 4.57. The van der Waals surface area contributed by atoms with E-state index >= 15 is 0 Å². The maximum absolute atomic E-state index is 4.32. The van der Waals surface area contributed by atoms with Gasteiger partial charge in [-0.1, -0.05) is 0 Å². The number of benzene rings is 1. The number of fused-ring (bicyclic) bond motifs is 1.